The Labute approximate surface area is 128 Å². The normalized spacial score (nSPS) is 12.0. The zero-order valence-corrected chi connectivity index (χ0v) is 12.2. The minimum absolute atomic E-state index is 0.180. The quantitative estimate of drug-likeness (QED) is 0.515. The van der Waals surface area contributed by atoms with E-state index in [4.69, 9.17) is 0 Å². The molecule has 1 nitrogen and oxygen atoms in total. The molecule has 0 spiro atoms. The van der Waals surface area contributed by atoms with Crippen LogP contribution >= 0.6 is 15.9 Å². The molecule has 21 heavy (non-hydrogen) atoms. The number of halogens is 4. The van der Waals surface area contributed by atoms with Crippen molar-refractivity contribution in [3.05, 3.63) is 69.7 Å². The molecular formula is C16H9BrF3N. The summed E-state index contributed by atoms with van der Waals surface area (Å²) in [4.78, 5) is 0. The maximum atomic E-state index is 12.7. The van der Waals surface area contributed by atoms with E-state index in [-0.39, 0.29) is 11.1 Å². The molecule has 0 aliphatic rings. The van der Waals surface area contributed by atoms with Crippen molar-refractivity contribution in [2.45, 2.75) is 6.18 Å². The topological polar surface area (TPSA) is 23.8 Å². The van der Waals surface area contributed by atoms with Gasteiger partial charge in [0.25, 0.3) is 0 Å². The van der Waals surface area contributed by atoms with E-state index in [1.165, 1.54) is 12.1 Å². The van der Waals surface area contributed by atoms with Gasteiger partial charge in [-0.25, -0.2) is 0 Å². The predicted molar refractivity (Wildman–Crippen MR) is 79.1 cm³/mol. The Kier molecular flexibility index (Phi) is 4.49. The molecule has 0 unspecified atom stereocenters. The summed E-state index contributed by atoms with van der Waals surface area (Å²) in [7, 11) is 0. The zero-order chi connectivity index (χ0) is 15.5. The van der Waals surface area contributed by atoms with Crippen LogP contribution in [0.1, 0.15) is 16.7 Å². The lowest BCUT2D eigenvalue weighted by atomic mass is 10.0. The van der Waals surface area contributed by atoms with Crippen molar-refractivity contribution in [2.75, 3.05) is 0 Å². The summed E-state index contributed by atoms with van der Waals surface area (Å²) < 4.78 is 39.0. The van der Waals surface area contributed by atoms with Crippen LogP contribution < -0.4 is 0 Å². The van der Waals surface area contributed by atoms with E-state index in [2.05, 4.69) is 15.9 Å². The molecule has 0 radical (unpaired) electrons. The Morgan fingerprint density at radius 1 is 1.10 bits per heavy atom. The molecule has 0 aliphatic heterocycles. The standard InChI is InChI=1S/C16H9BrF3N/c17-15-6-1-3-11(8-15)7-13(10-21)12-4-2-5-14(9-12)16(18,19)20/h1-9H. The number of alkyl halides is 3. The van der Waals surface area contributed by atoms with Crippen molar-refractivity contribution in [3.8, 4) is 6.07 Å². The van der Waals surface area contributed by atoms with Crippen LogP contribution in [0.2, 0.25) is 0 Å². The first-order valence-electron chi connectivity index (χ1n) is 5.95. The van der Waals surface area contributed by atoms with Gasteiger partial charge in [0, 0.05) is 4.47 Å². The van der Waals surface area contributed by atoms with Gasteiger partial charge < -0.3 is 0 Å². The molecule has 5 heteroatoms. The SMILES string of the molecule is N#CC(=Cc1cccc(Br)c1)c1cccc(C(F)(F)F)c1. The van der Waals surface area contributed by atoms with Gasteiger partial charge in [-0.2, -0.15) is 18.4 Å². The summed E-state index contributed by atoms with van der Waals surface area (Å²) in [5, 5.41) is 9.19. The van der Waals surface area contributed by atoms with Gasteiger partial charge in [-0.15, -0.1) is 0 Å². The van der Waals surface area contributed by atoms with Crippen LogP contribution in [0, 0.1) is 11.3 Å². The first-order valence-corrected chi connectivity index (χ1v) is 6.74. The van der Waals surface area contributed by atoms with Crippen LogP contribution in [0.5, 0.6) is 0 Å². The van der Waals surface area contributed by atoms with Crippen molar-refractivity contribution in [1.29, 1.82) is 5.26 Å². The van der Waals surface area contributed by atoms with Crippen molar-refractivity contribution >= 4 is 27.6 Å². The maximum Gasteiger partial charge on any atom is 0.416 e. The van der Waals surface area contributed by atoms with Crippen LogP contribution in [0.15, 0.2) is 53.0 Å². The van der Waals surface area contributed by atoms with Gasteiger partial charge in [0.1, 0.15) is 0 Å². The van der Waals surface area contributed by atoms with Crippen molar-refractivity contribution in [2.24, 2.45) is 0 Å². The molecule has 0 saturated heterocycles. The summed E-state index contributed by atoms with van der Waals surface area (Å²) in [5.74, 6) is 0. The number of allylic oxidation sites excluding steroid dienone is 1. The number of nitriles is 1. The Hall–Kier alpha value is -2.06. The van der Waals surface area contributed by atoms with Crippen molar-refractivity contribution < 1.29 is 13.2 Å². The van der Waals surface area contributed by atoms with E-state index in [0.29, 0.717) is 0 Å². The molecule has 0 heterocycles. The van der Waals surface area contributed by atoms with Crippen LogP contribution in [0.25, 0.3) is 11.6 Å². The third-order valence-corrected chi connectivity index (χ3v) is 3.27. The Morgan fingerprint density at radius 3 is 2.43 bits per heavy atom. The van der Waals surface area contributed by atoms with E-state index in [1.807, 2.05) is 12.1 Å². The molecule has 0 N–H and O–H groups in total. The fourth-order valence-corrected chi connectivity index (χ4v) is 2.22. The smallest absolute Gasteiger partial charge is 0.192 e. The summed E-state index contributed by atoms with van der Waals surface area (Å²) in [5.41, 5.74) is 0.389. The average molecular weight is 352 g/mol. The lowest BCUT2D eigenvalue weighted by Gasteiger charge is -2.08. The molecule has 0 aliphatic carbocycles. The highest BCUT2D eigenvalue weighted by molar-refractivity contribution is 9.10. The summed E-state index contributed by atoms with van der Waals surface area (Å²) in [6, 6.07) is 13.9. The Morgan fingerprint density at radius 2 is 1.81 bits per heavy atom. The molecule has 0 saturated carbocycles. The number of benzene rings is 2. The fourth-order valence-electron chi connectivity index (χ4n) is 1.81. The number of hydrogen-bond acceptors (Lipinski definition) is 1. The summed E-state index contributed by atoms with van der Waals surface area (Å²) in [6.07, 6.45) is -2.87. The molecule has 0 amide bonds. The van der Waals surface area contributed by atoms with E-state index in [9.17, 15) is 18.4 Å². The van der Waals surface area contributed by atoms with Gasteiger partial charge in [-0.05, 0) is 41.5 Å². The molecule has 2 aromatic carbocycles. The van der Waals surface area contributed by atoms with Gasteiger partial charge >= 0.3 is 6.18 Å². The highest BCUT2D eigenvalue weighted by Gasteiger charge is 2.30. The highest BCUT2D eigenvalue weighted by Crippen LogP contribution is 2.31. The second-order valence-corrected chi connectivity index (χ2v) is 5.22. The van der Waals surface area contributed by atoms with Crippen LogP contribution in [-0.4, -0.2) is 0 Å². The largest absolute Gasteiger partial charge is 0.416 e. The van der Waals surface area contributed by atoms with Crippen molar-refractivity contribution in [3.63, 3.8) is 0 Å². The van der Waals surface area contributed by atoms with E-state index < -0.39 is 11.7 Å². The minimum atomic E-state index is -4.42. The summed E-state index contributed by atoms with van der Waals surface area (Å²) in [6.45, 7) is 0. The molecule has 106 valence electrons. The molecule has 0 aromatic heterocycles. The molecule has 0 fully saturated rings. The first-order chi connectivity index (χ1) is 9.90. The lowest BCUT2D eigenvalue weighted by Crippen LogP contribution is -2.04. The predicted octanol–water partition coefficient (Wildman–Crippen LogP) is 5.53. The molecule has 2 rings (SSSR count). The van der Waals surface area contributed by atoms with Gasteiger partial charge in [-0.1, -0.05) is 40.2 Å². The Balaban J connectivity index is 2.45. The number of rotatable bonds is 2. The number of nitrogens with zero attached hydrogens (tertiary/aromatic N) is 1. The number of hydrogen-bond donors (Lipinski definition) is 0. The third-order valence-electron chi connectivity index (χ3n) is 2.78. The molecule has 0 bridgehead atoms. The van der Waals surface area contributed by atoms with Gasteiger partial charge in [0.2, 0.25) is 0 Å². The van der Waals surface area contributed by atoms with Gasteiger partial charge in [0.05, 0.1) is 17.2 Å². The minimum Gasteiger partial charge on any atom is -0.192 e. The first kappa shape index (κ1) is 15.3. The second kappa shape index (κ2) is 6.15. The lowest BCUT2D eigenvalue weighted by molar-refractivity contribution is -0.137. The van der Waals surface area contributed by atoms with Crippen LogP contribution in [0.4, 0.5) is 13.2 Å². The highest BCUT2D eigenvalue weighted by atomic mass is 79.9. The van der Waals surface area contributed by atoms with Crippen molar-refractivity contribution in [1.82, 2.24) is 0 Å². The maximum absolute atomic E-state index is 12.7. The average Bonchev–Trinajstić information content (AvgIpc) is 2.44. The molecular weight excluding hydrogens is 343 g/mol. The fraction of sp³-hybridized carbons (Fsp3) is 0.0625. The third kappa shape index (κ3) is 3.96. The van der Waals surface area contributed by atoms with Crippen LogP contribution in [0.3, 0.4) is 0 Å². The van der Waals surface area contributed by atoms with E-state index >= 15 is 0 Å². The van der Waals surface area contributed by atoms with Gasteiger partial charge in [0.15, 0.2) is 0 Å². The Bertz CT molecular complexity index is 727. The second-order valence-electron chi connectivity index (χ2n) is 4.30. The summed E-state index contributed by atoms with van der Waals surface area (Å²) >= 11 is 3.31. The van der Waals surface area contributed by atoms with E-state index in [0.717, 1.165) is 22.2 Å². The van der Waals surface area contributed by atoms with Gasteiger partial charge in [-0.3, -0.25) is 0 Å². The zero-order valence-electron chi connectivity index (χ0n) is 10.7. The molecule has 0 atom stereocenters. The monoisotopic (exact) mass is 351 g/mol. The molecule has 2 aromatic rings. The van der Waals surface area contributed by atoms with Crippen LogP contribution in [-0.2, 0) is 6.18 Å². The van der Waals surface area contributed by atoms with E-state index in [1.54, 1.807) is 24.3 Å².